The van der Waals surface area contributed by atoms with Gasteiger partial charge in [0, 0.05) is 0 Å². The van der Waals surface area contributed by atoms with Crippen LogP contribution in [0.15, 0.2) is 0 Å². The molecule has 0 bridgehead atoms. The Labute approximate surface area is 65.2 Å². The Balaban J connectivity index is 3.64. The molecule has 0 aliphatic carbocycles. The van der Waals surface area contributed by atoms with Gasteiger partial charge in [-0.15, -0.1) is 0 Å². The molecule has 0 aromatic carbocycles. The van der Waals surface area contributed by atoms with Gasteiger partial charge in [-0.2, -0.15) is 0 Å². The predicted molar refractivity (Wildman–Crippen MR) is 41.6 cm³/mol. The minimum atomic E-state index is -4.40. The van der Waals surface area contributed by atoms with E-state index in [4.69, 9.17) is 14.9 Å². The Kier molecular flexibility index (Phi) is 4.52. The van der Waals surface area contributed by atoms with E-state index in [1.807, 2.05) is 6.92 Å². The third kappa shape index (κ3) is 4.27. The second-order valence-corrected chi connectivity index (χ2v) is 4.05. The Morgan fingerprint density at radius 2 is 2.09 bits per heavy atom. The molecule has 0 aliphatic heterocycles. The van der Waals surface area contributed by atoms with Crippen LogP contribution in [0.25, 0.3) is 0 Å². The Bertz CT molecular complexity index is 135. The van der Waals surface area contributed by atoms with Gasteiger partial charge in [0.2, 0.25) is 0 Å². The van der Waals surface area contributed by atoms with Crippen molar-refractivity contribution in [2.24, 2.45) is 0 Å². The first-order valence-electron chi connectivity index (χ1n) is 3.32. The van der Waals surface area contributed by atoms with Gasteiger partial charge in [-0.3, -0.25) is 0 Å². The van der Waals surface area contributed by atoms with Crippen LogP contribution in [0, 0.1) is 0 Å². The molecule has 0 rings (SSSR count). The van der Waals surface area contributed by atoms with E-state index in [0.717, 1.165) is 6.42 Å². The quantitative estimate of drug-likeness (QED) is 0.437. The molecule has 3 N–H and O–H groups in total. The van der Waals surface area contributed by atoms with Gasteiger partial charge in [-0.25, -0.2) is 0 Å². The summed E-state index contributed by atoms with van der Waals surface area (Å²) in [4.78, 5) is 27.4. The molecule has 0 unspecified atom stereocenters. The van der Waals surface area contributed by atoms with E-state index in [9.17, 15) is 4.79 Å². The Morgan fingerprint density at radius 3 is 2.45 bits per heavy atom. The summed E-state index contributed by atoms with van der Waals surface area (Å²) < 4.78 is 4.38. The summed E-state index contributed by atoms with van der Waals surface area (Å²) in [6.45, 7) is 1.98. The number of rotatable bonds is 5. The number of carboxylic acid groups (broad SMARTS) is 1. The van der Waals surface area contributed by atoms with Crippen LogP contribution in [0.1, 0.15) is 19.8 Å². The van der Waals surface area contributed by atoms with Crippen molar-refractivity contribution in [3.05, 3.63) is 0 Å². The Hall–Kier alpha value is -0.220. The Morgan fingerprint density at radius 1 is 1.55 bits per heavy atom. The standard InChI is InChI=1S/C5H13O5P/c1-2-3-4-10-11(8,9)5(6)7/h8-9,11H,2-4H2,1H3,(H,6,7). The van der Waals surface area contributed by atoms with Crippen LogP contribution in [-0.2, 0) is 4.52 Å². The first-order chi connectivity index (χ1) is 5.00. The van der Waals surface area contributed by atoms with Crippen molar-refractivity contribution in [1.82, 2.24) is 0 Å². The number of hydrogen-bond acceptors (Lipinski definition) is 4. The van der Waals surface area contributed by atoms with Crippen LogP contribution in [0.2, 0.25) is 0 Å². The second-order valence-electron chi connectivity index (χ2n) is 2.12. The van der Waals surface area contributed by atoms with Gasteiger partial charge in [0.05, 0.1) is 0 Å². The zero-order valence-electron chi connectivity index (χ0n) is 6.28. The summed E-state index contributed by atoms with van der Waals surface area (Å²) in [6, 6.07) is 0. The van der Waals surface area contributed by atoms with E-state index in [1.165, 1.54) is 0 Å². The minimum absolute atomic E-state index is 0.0853. The first-order valence-corrected chi connectivity index (χ1v) is 5.13. The maximum atomic E-state index is 10.1. The van der Waals surface area contributed by atoms with Gasteiger partial charge in [-0.1, -0.05) is 0 Å². The molecule has 0 aromatic heterocycles. The zero-order valence-corrected chi connectivity index (χ0v) is 7.28. The summed E-state index contributed by atoms with van der Waals surface area (Å²) in [5, 5.41) is 8.18. The van der Waals surface area contributed by atoms with E-state index in [-0.39, 0.29) is 6.61 Å². The monoisotopic (exact) mass is 184 g/mol. The molecule has 0 saturated heterocycles. The average Bonchev–Trinajstić information content (AvgIpc) is 1.88. The molecule has 0 aliphatic rings. The topological polar surface area (TPSA) is 87.0 Å². The molecule has 0 fully saturated rings. The molecule has 0 atom stereocenters. The van der Waals surface area contributed by atoms with Gasteiger partial charge >= 0.3 is 64.2 Å². The fraction of sp³-hybridized carbons (Fsp3) is 0.800. The van der Waals surface area contributed by atoms with E-state index < -0.39 is 13.7 Å². The first kappa shape index (κ1) is 10.8. The molecule has 5 nitrogen and oxygen atoms in total. The molecule has 0 saturated carbocycles. The molecule has 6 heteroatoms. The fourth-order valence-electron chi connectivity index (χ4n) is 0.421. The van der Waals surface area contributed by atoms with E-state index in [1.54, 1.807) is 0 Å². The van der Waals surface area contributed by atoms with Crippen LogP contribution in [0.5, 0.6) is 0 Å². The SMILES string of the molecule is CCCCO[PH](O)(O)C(=O)O. The zero-order chi connectivity index (χ0) is 8.91. The van der Waals surface area contributed by atoms with Crippen molar-refractivity contribution in [2.75, 3.05) is 6.61 Å². The van der Waals surface area contributed by atoms with Crippen LogP contribution < -0.4 is 0 Å². The summed E-state index contributed by atoms with van der Waals surface area (Å²) in [6.07, 6.45) is 1.45. The summed E-state index contributed by atoms with van der Waals surface area (Å²) in [7, 11) is -4.40. The van der Waals surface area contributed by atoms with Crippen LogP contribution in [0.4, 0.5) is 4.79 Å². The number of carbonyl (C=O) groups is 1. The summed E-state index contributed by atoms with van der Waals surface area (Å²) >= 11 is 0. The molecule has 68 valence electrons. The molecular weight excluding hydrogens is 171 g/mol. The normalized spacial score (nSPS) is 13.0. The number of hydrogen-bond donors (Lipinski definition) is 3. The van der Waals surface area contributed by atoms with Crippen LogP contribution in [0.3, 0.4) is 0 Å². The van der Waals surface area contributed by atoms with E-state index >= 15 is 0 Å². The van der Waals surface area contributed by atoms with Gasteiger partial charge in [-0.05, 0) is 0 Å². The van der Waals surface area contributed by atoms with Crippen molar-refractivity contribution in [2.45, 2.75) is 19.8 Å². The van der Waals surface area contributed by atoms with E-state index in [0.29, 0.717) is 6.42 Å². The average molecular weight is 184 g/mol. The number of unbranched alkanes of at least 4 members (excludes halogenated alkanes) is 1. The van der Waals surface area contributed by atoms with E-state index in [2.05, 4.69) is 4.52 Å². The molecule has 11 heavy (non-hydrogen) atoms. The van der Waals surface area contributed by atoms with Crippen molar-refractivity contribution in [3.8, 4) is 0 Å². The van der Waals surface area contributed by atoms with Crippen LogP contribution in [-0.4, -0.2) is 27.2 Å². The van der Waals surface area contributed by atoms with Gasteiger partial charge in [0.25, 0.3) is 0 Å². The van der Waals surface area contributed by atoms with Crippen molar-refractivity contribution in [3.63, 3.8) is 0 Å². The van der Waals surface area contributed by atoms with Gasteiger partial charge in [0.1, 0.15) is 0 Å². The molecule has 0 radical (unpaired) electrons. The van der Waals surface area contributed by atoms with Crippen molar-refractivity contribution in [1.29, 1.82) is 0 Å². The second kappa shape index (κ2) is 4.62. The van der Waals surface area contributed by atoms with Gasteiger partial charge < -0.3 is 0 Å². The summed E-state index contributed by atoms with van der Waals surface area (Å²) in [5.41, 5.74) is -1.66. The van der Waals surface area contributed by atoms with Gasteiger partial charge in [0.15, 0.2) is 0 Å². The van der Waals surface area contributed by atoms with Crippen molar-refractivity contribution >= 4 is 13.7 Å². The molecule has 0 aromatic rings. The maximum absolute atomic E-state index is 10.1. The summed E-state index contributed by atoms with van der Waals surface area (Å²) in [5.74, 6) is 0. The van der Waals surface area contributed by atoms with Crippen molar-refractivity contribution < 1.29 is 24.2 Å². The molecule has 0 heterocycles. The third-order valence-electron chi connectivity index (χ3n) is 1.08. The molecule has 0 amide bonds. The predicted octanol–water partition coefficient (Wildman–Crippen LogP) is 0.961. The third-order valence-corrected chi connectivity index (χ3v) is 2.24. The van der Waals surface area contributed by atoms with Crippen LogP contribution >= 0.6 is 7.94 Å². The molecule has 0 spiro atoms. The fourth-order valence-corrected chi connectivity index (χ4v) is 0.973. The molecular formula is C5H13O5P.